The van der Waals surface area contributed by atoms with Crippen molar-refractivity contribution in [2.75, 3.05) is 32.8 Å². The van der Waals surface area contributed by atoms with Crippen LogP contribution in [0.1, 0.15) is 47.9 Å². The van der Waals surface area contributed by atoms with Crippen molar-refractivity contribution in [2.45, 2.75) is 52.6 Å². The van der Waals surface area contributed by atoms with Crippen LogP contribution in [0.25, 0.3) is 0 Å². The van der Waals surface area contributed by atoms with E-state index in [2.05, 4.69) is 31.0 Å². The third-order valence-electron chi connectivity index (χ3n) is 3.44. The second-order valence-corrected chi connectivity index (χ2v) is 5.73. The highest BCUT2D eigenvalue weighted by Crippen LogP contribution is 2.15. The lowest BCUT2D eigenvalue weighted by Crippen LogP contribution is -2.53. The van der Waals surface area contributed by atoms with Crippen molar-refractivity contribution in [1.82, 2.24) is 10.2 Å². The SMILES string of the molecule is CCCN1CC(C(=O)NCCCCCOC(C)C)C1.[HH]. The third kappa shape index (κ3) is 6.92. The molecule has 0 spiro atoms. The van der Waals surface area contributed by atoms with E-state index in [0.29, 0.717) is 6.10 Å². The maximum atomic E-state index is 11.8. The van der Waals surface area contributed by atoms with Crippen LogP contribution >= 0.6 is 0 Å². The summed E-state index contributed by atoms with van der Waals surface area (Å²) in [6, 6.07) is 0. The molecule has 1 aliphatic heterocycles. The van der Waals surface area contributed by atoms with Crippen molar-refractivity contribution < 1.29 is 11.0 Å². The molecule has 0 aromatic heterocycles. The van der Waals surface area contributed by atoms with E-state index in [-0.39, 0.29) is 13.3 Å². The summed E-state index contributed by atoms with van der Waals surface area (Å²) >= 11 is 0. The summed E-state index contributed by atoms with van der Waals surface area (Å²) in [5, 5.41) is 3.04. The Balaban J connectivity index is 0.00000361. The smallest absolute Gasteiger partial charge is 0.225 e. The van der Waals surface area contributed by atoms with E-state index in [4.69, 9.17) is 4.74 Å². The summed E-state index contributed by atoms with van der Waals surface area (Å²) in [4.78, 5) is 14.1. The molecule has 0 radical (unpaired) electrons. The fraction of sp³-hybridized carbons (Fsp3) is 0.933. The van der Waals surface area contributed by atoms with Crippen molar-refractivity contribution in [2.24, 2.45) is 5.92 Å². The first-order chi connectivity index (χ1) is 9.13. The van der Waals surface area contributed by atoms with Gasteiger partial charge in [-0.05, 0) is 46.1 Å². The summed E-state index contributed by atoms with van der Waals surface area (Å²) in [5.74, 6) is 0.474. The number of nitrogens with one attached hydrogen (secondary N) is 1. The minimum atomic E-state index is 0. The molecule has 4 heteroatoms. The Kier molecular flexibility index (Phi) is 8.07. The number of unbranched alkanes of at least 4 members (excludes halogenated alkanes) is 2. The van der Waals surface area contributed by atoms with Crippen molar-refractivity contribution in [1.29, 1.82) is 0 Å². The normalized spacial score (nSPS) is 16.6. The van der Waals surface area contributed by atoms with Gasteiger partial charge >= 0.3 is 0 Å². The lowest BCUT2D eigenvalue weighted by Gasteiger charge is -2.38. The zero-order chi connectivity index (χ0) is 14.1. The molecule has 0 aliphatic carbocycles. The Morgan fingerprint density at radius 1 is 1.37 bits per heavy atom. The van der Waals surface area contributed by atoms with Crippen LogP contribution in [0.15, 0.2) is 0 Å². The number of hydrogen-bond acceptors (Lipinski definition) is 3. The Morgan fingerprint density at radius 2 is 2.11 bits per heavy atom. The quantitative estimate of drug-likeness (QED) is 0.620. The van der Waals surface area contributed by atoms with Crippen LogP contribution in [0.4, 0.5) is 0 Å². The summed E-state index contributed by atoms with van der Waals surface area (Å²) in [5.41, 5.74) is 0. The number of carbonyl (C=O) groups excluding carboxylic acids is 1. The van der Waals surface area contributed by atoms with Gasteiger partial charge in [-0.25, -0.2) is 0 Å². The Bertz CT molecular complexity index is 256. The third-order valence-corrected chi connectivity index (χ3v) is 3.44. The van der Waals surface area contributed by atoms with Gasteiger partial charge in [0, 0.05) is 27.7 Å². The molecule has 1 rings (SSSR count). The predicted molar refractivity (Wildman–Crippen MR) is 80.3 cm³/mol. The molecule has 114 valence electrons. The molecule has 19 heavy (non-hydrogen) atoms. The molecule has 4 nitrogen and oxygen atoms in total. The molecule has 0 aromatic carbocycles. The Labute approximate surface area is 119 Å². The van der Waals surface area contributed by atoms with Crippen LogP contribution in [-0.2, 0) is 9.53 Å². The van der Waals surface area contributed by atoms with E-state index >= 15 is 0 Å². The summed E-state index contributed by atoms with van der Waals surface area (Å²) < 4.78 is 5.48. The van der Waals surface area contributed by atoms with Crippen LogP contribution < -0.4 is 5.32 Å². The largest absolute Gasteiger partial charge is 0.379 e. The lowest BCUT2D eigenvalue weighted by atomic mass is 9.99. The standard InChI is InChI=1S/C15H30N2O2.H2/c1-4-9-17-11-14(12-17)15(18)16-8-6-5-7-10-19-13(2)3;/h13-14H,4-12H2,1-3H3,(H,16,18);1H. The first-order valence-corrected chi connectivity index (χ1v) is 7.75. The van der Waals surface area contributed by atoms with Crippen molar-refractivity contribution in [3.8, 4) is 0 Å². The van der Waals surface area contributed by atoms with Gasteiger partial charge in [-0.15, -0.1) is 0 Å². The number of hydrogen-bond donors (Lipinski definition) is 1. The van der Waals surface area contributed by atoms with Crippen molar-refractivity contribution in [3.63, 3.8) is 0 Å². The highest BCUT2D eigenvalue weighted by molar-refractivity contribution is 5.79. The maximum absolute atomic E-state index is 11.8. The van der Waals surface area contributed by atoms with Gasteiger partial charge < -0.3 is 15.0 Å². The van der Waals surface area contributed by atoms with E-state index in [1.165, 1.54) is 6.42 Å². The van der Waals surface area contributed by atoms with E-state index in [0.717, 1.165) is 52.0 Å². The van der Waals surface area contributed by atoms with E-state index in [1.54, 1.807) is 0 Å². The van der Waals surface area contributed by atoms with Crippen LogP contribution in [0.3, 0.4) is 0 Å². The van der Waals surface area contributed by atoms with Gasteiger partial charge in [-0.3, -0.25) is 4.79 Å². The molecule has 1 amide bonds. The summed E-state index contributed by atoms with van der Waals surface area (Å²) in [6.45, 7) is 11.0. The molecule has 0 bridgehead atoms. The van der Waals surface area contributed by atoms with Crippen molar-refractivity contribution in [3.05, 3.63) is 0 Å². The van der Waals surface area contributed by atoms with Crippen molar-refractivity contribution >= 4 is 5.91 Å². The highest BCUT2D eigenvalue weighted by Gasteiger charge is 2.31. The van der Waals surface area contributed by atoms with Gasteiger partial charge in [-0.2, -0.15) is 0 Å². The molecule has 0 unspecified atom stereocenters. The predicted octanol–water partition coefficient (Wildman–Crippen LogP) is 2.29. The van der Waals surface area contributed by atoms with Gasteiger partial charge in [0.2, 0.25) is 5.91 Å². The molecule has 1 saturated heterocycles. The Hall–Kier alpha value is -0.610. The molecule has 0 aromatic rings. The zero-order valence-electron chi connectivity index (χ0n) is 12.8. The van der Waals surface area contributed by atoms with Crippen LogP contribution in [0.2, 0.25) is 0 Å². The number of carbonyl (C=O) groups is 1. The topological polar surface area (TPSA) is 41.6 Å². The number of likely N-dealkylation sites (tertiary alicyclic amines) is 1. The molecule has 1 fully saturated rings. The second kappa shape index (κ2) is 9.32. The van der Waals surface area contributed by atoms with Gasteiger partial charge in [0.15, 0.2) is 0 Å². The highest BCUT2D eigenvalue weighted by atomic mass is 16.5. The first kappa shape index (κ1) is 16.4. The monoisotopic (exact) mass is 272 g/mol. The first-order valence-electron chi connectivity index (χ1n) is 7.75. The summed E-state index contributed by atoms with van der Waals surface area (Å²) in [7, 11) is 0. The number of amides is 1. The summed E-state index contributed by atoms with van der Waals surface area (Å²) in [6.07, 6.45) is 4.76. The Morgan fingerprint density at radius 3 is 2.74 bits per heavy atom. The molecule has 1 N–H and O–H groups in total. The number of ether oxygens (including phenoxy) is 1. The fourth-order valence-electron chi connectivity index (χ4n) is 2.31. The average molecular weight is 272 g/mol. The van der Waals surface area contributed by atoms with Crippen LogP contribution in [-0.4, -0.2) is 49.7 Å². The average Bonchev–Trinajstić information content (AvgIpc) is 2.31. The number of nitrogens with zero attached hydrogens (tertiary/aromatic N) is 1. The maximum Gasteiger partial charge on any atom is 0.225 e. The van der Waals surface area contributed by atoms with Gasteiger partial charge in [0.05, 0.1) is 12.0 Å². The number of rotatable bonds is 10. The van der Waals surface area contributed by atoms with Crippen LogP contribution in [0.5, 0.6) is 0 Å². The van der Waals surface area contributed by atoms with Gasteiger partial charge in [0.25, 0.3) is 0 Å². The van der Waals surface area contributed by atoms with Gasteiger partial charge in [0.1, 0.15) is 0 Å². The molecular weight excluding hydrogens is 240 g/mol. The van der Waals surface area contributed by atoms with E-state index in [9.17, 15) is 4.79 Å². The van der Waals surface area contributed by atoms with Gasteiger partial charge in [-0.1, -0.05) is 6.92 Å². The molecule has 1 heterocycles. The molecule has 0 atom stereocenters. The van der Waals surface area contributed by atoms with Crippen LogP contribution in [0, 0.1) is 5.92 Å². The second-order valence-electron chi connectivity index (χ2n) is 5.73. The zero-order valence-corrected chi connectivity index (χ0v) is 12.8. The minimum Gasteiger partial charge on any atom is -0.379 e. The fourth-order valence-corrected chi connectivity index (χ4v) is 2.31. The van der Waals surface area contributed by atoms with E-state index < -0.39 is 0 Å². The lowest BCUT2D eigenvalue weighted by molar-refractivity contribution is -0.130. The molecular formula is C15H32N2O2. The minimum absolute atomic E-state index is 0. The molecule has 0 saturated carbocycles. The van der Waals surface area contributed by atoms with E-state index in [1.807, 2.05) is 0 Å². The molecule has 1 aliphatic rings.